The van der Waals surface area contributed by atoms with Gasteiger partial charge in [0.25, 0.3) is 0 Å². The van der Waals surface area contributed by atoms with Crippen molar-refractivity contribution >= 4 is 0 Å². The van der Waals surface area contributed by atoms with Gasteiger partial charge in [0.1, 0.15) is 5.75 Å². The minimum absolute atomic E-state index is 0.0827. The van der Waals surface area contributed by atoms with Crippen LogP contribution in [0.1, 0.15) is 28.7 Å². The van der Waals surface area contributed by atoms with Crippen molar-refractivity contribution in [2.24, 2.45) is 5.92 Å². The van der Waals surface area contributed by atoms with Gasteiger partial charge in [-0.3, -0.25) is 0 Å². The van der Waals surface area contributed by atoms with E-state index in [9.17, 15) is 5.11 Å². The highest BCUT2D eigenvalue weighted by Crippen LogP contribution is 2.43. The molecule has 3 unspecified atom stereocenters. The number of nitriles is 1. The van der Waals surface area contributed by atoms with Gasteiger partial charge in [0, 0.05) is 17.4 Å². The van der Waals surface area contributed by atoms with E-state index in [0.717, 1.165) is 16.9 Å². The number of aliphatic hydroxyl groups excluding tert-OH is 1. The summed E-state index contributed by atoms with van der Waals surface area (Å²) in [5.41, 5.74) is 2.48. The molecular weight excluding hydrogens is 274 g/mol. The van der Waals surface area contributed by atoms with Gasteiger partial charge in [0.05, 0.1) is 24.3 Å². The van der Waals surface area contributed by atoms with Crippen LogP contribution >= 0.6 is 0 Å². The minimum Gasteiger partial charge on any atom is -0.493 e. The van der Waals surface area contributed by atoms with Crippen LogP contribution in [0.2, 0.25) is 0 Å². The summed E-state index contributed by atoms with van der Waals surface area (Å²) < 4.78 is 5.71. The van der Waals surface area contributed by atoms with Crippen molar-refractivity contribution in [3.63, 3.8) is 0 Å². The van der Waals surface area contributed by atoms with Crippen molar-refractivity contribution in [2.75, 3.05) is 6.61 Å². The Bertz CT molecular complexity index is 715. The number of nitrogens with zero attached hydrogens (tertiary/aromatic N) is 1. The zero-order valence-corrected chi connectivity index (χ0v) is 12.1. The lowest BCUT2D eigenvalue weighted by molar-refractivity contribution is 0.110. The normalized spacial score (nSPS) is 18.6. The first-order valence-corrected chi connectivity index (χ1v) is 7.27. The first-order valence-electron chi connectivity index (χ1n) is 7.27. The predicted molar refractivity (Wildman–Crippen MR) is 84.5 cm³/mol. The van der Waals surface area contributed by atoms with Crippen LogP contribution in [-0.2, 0) is 0 Å². The average molecular weight is 291 g/mol. The van der Waals surface area contributed by atoms with Crippen LogP contribution in [0.5, 0.6) is 5.75 Å². The summed E-state index contributed by atoms with van der Waals surface area (Å²) in [5.74, 6) is 0.822. The Kier molecular flexibility index (Phi) is 3.95. The second-order valence-electron chi connectivity index (χ2n) is 5.45. The van der Waals surface area contributed by atoms with Crippen molar-refractivity contribution < 1.29 is 9.84 Å². The third kappa shape index (κ3) is 2.49. The smallest absolute Gasteiger partial charge is 0.122 e. The highest BCUT2D eigenvalue weighted by Gasteiger charge is 2.34. The van der Waals surface area contributed by atoms with Crippen molar-refractivity contribution in [3.05, 3.63) is 77.9 Å². The zero-order valence-electron chi connectivity index (χ0n) is 12.1. The van der Waals surface area contributed by atoms with Crippen LogP contribution in [0.25, 0.3) is 0 Å². The Labute approximate surface area is 130 Å². The van der Waals surface area contributed by atoms with Gasteiger partial charge in [-0.25, -0.2) is 0 Å². The minimum atomic E-state index is -0.676. The van der Waals surface area contributed by atoms with Gasteiger partial charge >= 0.3 is 0 Å². The maximum absolute atomic E-state index is 10.7. The molecule has 0 aromatic heterocycles. The number of para-hydroxylation sites is 1. The Hall–Kier alpha value is -2.57. The quantitative estimate of drug-likeness (QED) is 0.876. The molecule has 3 rings (SSSR count). The van der Waals surface area contributed by atoms with Crippen molar-refractivity contribution in [1.29, 1.82) is 5.26 Å². The Morgan fingerprint density at radius 2 is 1.95 bits per heavy atom. The topological polar surface area (TPSA) is 53.2 Å². The summed E-state index contributed by atoms with van der Waals surface area (Å²) in [6, 6.07) is 17.0. The lowest BCUT2D eigenvalue weighted by Gasteiger charge is -2.25. The van der Waals surface area contributed by atoms with E-state index in [2.05, 4.69) is 12.6 Å². The van der Waals surface area contributed by atoms with Gasteiger partial charge in [-0.05, 0) is 23.8 Å². The third-order valence-electron chi connectivity index (χ3n) is 4.22. The standard InChI is InChI=1S/C19H17NO2/c1-2-15(17-12-22-18-6-4-3-5-16(17)18)19(21)14-9-7-13(11-20)8-10-14/h2-10,15,17,19,21H,1,12H2. The molecule has 1 N–H and O–H groups in total. The number of ether oxygens (including phenoxy) is 1. The van der Waals surface area contributed by atoms with E-state index in [1.165, 1.54) is 0 Å². The summed E-state index contributed by atoms with van der Waals surface area (Å²) in [6.45, 7) is 4.44. The highest BCUT2D eigenvalue weighted by atomic mass is 16.5. The lowest BCUT2D eigenvalue weighted by atomic mass is 9.81. The number of hydrogen-bond acceptors (Lipinski definition) is 3. The number of hydrogen-bond donors (Lipinski definition) is 1. The van der Waals surface area contributed by atoms with Gasteiger partial charge in [-0.1, -0.05) is 36.4 Å². The second-order valence-corrected chi connectivity index (χ2v) is 5.45. The molecule has 0 radical (unpaired) electrons. The molecule has 1 heterocycles. The fraction of sp³-hybridized carbons (Fsp3) is 0.211. The van der Waals surface area contributed by atoms with E-state index in [4.69, 9.17) is 10.00 Å². The predicted octanol–water partition coefficient (Wildman–Crippen LogP) is 3.57. The molecule has 110 valence electrons. The van der Waals surface area contributed by atoms with Crippen molar-refractivity contribution in [2.45, 2.75) is 12.0 Å². The summed E-state index contributed by atoms with van der Waals surface area (Å²) in [6.07, 6.45) is 1.11. The summed E-state index contributed by atoms with van der Waals surface area (Å²) in [4.78, 5) is 0. The van der Waals surface area contributed by atoms with E-state index < -0.39 is 6.10 Å². The fourth-order valence-corrected chi connectivity index (χ4v) is 3.00. The van der Waals surface area contributed by atoms with E-state index in [1.807, 2.05) is 24.3 Å². The molecule has 0 spiro atoms. The van der Waals surface area contributed by atoms with Gasteiger partial charge in [0.15, 0.2) is 0 Å². The lowest BCUT2D eigenvalue weighted by Crippen LogP contribution is -2.20. The molecule has 2 aromatic rings. The molecule has 3 nitrogen and oxygen atoms in total. The maximum atomic E-state index is 10.7. The monoisotopic (exact) mass is 291 g/mol. The molecule has 1 aliphatic heterocycles. The van der Waals surface area contributed by atoms with Gasteiger partial charge in [-0.15, -0.1) is 6.58 Å². The number of rotatable bonds is 4. The van der Waals surface area contributed by atoms with Gasteiger partial charge in [0.2, 0.25) is 0 Å². The molecule has 22 heavy (non-hydrogen) atoms. The summed E-state index contributed by atoms with van der Waals surface area (Å²) >= 11 is 0. The molecule has 0 fully saturated rings. The molecule has 2 aromatic carbocycles. The third-order valence-corrected chi connectivity index (χ3v) is 4.22. The SMILES string of the molecule is C=CC(C(O)c1ccc(C#N)cc1)C1COc2ccccc21. The average Bonchev–Trinajstić information content (AvgIpc) is 3.00. The molecule has 1 aliphatic rings. The van der Waals surface area contributed by atoms with E-state index in [0.29, 0.717) is 12.2 Å². The van der Waals surface area contributed by atoms with Crippen LogP contribution in [-0.4, -0.2) is 11.7 Å². The first-order chi connectivity index (χ1) is 10.7. The summed E-state index contributed by atoms with van der Waals surface area (Å²) in [5, 5.41) is 19.6. The number of aliphatic hydroxyl groups is 1. The molecular formula is C19H17NO2. The van der Waals surface area contributed by atoms with Crippen LogP contribution in [0, 0.1) is 17.2 Å². The molecule has 0 saturated heterocycles. The van der Waals surface area contributed by atoms with Crippen LogP contribution in [0.15, 0.2) is 61.2 Å². The van der Waals surface area contributed by atoms with Gasteiger partial charge in [-0.2, -0.15) is 5.26 Å². The van der Waals surface area contributed by atoms with Gasteiger partial charge < -0.3 is 9.84 Å². The Morgan fingerprint density at radius 3 is 2.64 bits per heavy atom. The van der Waals surface area contributed by atoms with E-state index in [-0.39, 0.29) is 11.8 Å². The van der Waals surface area contributed by atoms with Crippen LogP contribution < -0.4 is 4.74 Å². The molecule has 0 amide bonds. The first kappa shape index (κ1) is 14.4. The molecule has 0 bridgehead atoms. The summed E-state index contributed by atoms with van der Waals surface area (Å²) in [7, 11) is 0. The van der Waals surface area contributed by atoms with Crippen molar-refractivity contribution in [3.8, 4) is 11.8 Å². The van der Waals surface area contributed by atoms with Crippen LogP contribution in [0.4, 0.5) is 0 Å². The Morgan fingerprint density at radius 1 is 1.23 bits per heavy atom. The molecule has 3 heteroatoms. The second kappa shape index (κ2) is 6.05. The number of benzene rings is 2. The maximum Gasteiger partial charge on any atom is 0.122 e. The largest absolute Gasteiger partial charge is 0.493 e. The van der Waals surface area contributed by atoms with E-state index in [1.54, 1.807) is 30.3 Å². The zero-order chi connectivity index (χ0) is 15.5. The molecule has 0 saturated carbocycles. The fourth-order valence-electron chi connectivity index (χ4n) is 3.00. The molecule has 3 atom stereocenters. The van der Waals surface area contributed by atoms with E-state index >= 15 is 0 Å². The Balaban J connectivity index is 1.88. The molecule has 0 aliphatic carbocycles. The number of fused-ring (bicyclic) bond motifs is 1. The highest BCUT2D eigenvalue weighted by molar-refractivity contribution is 5.41. The van der Waals surface area contributed by atoms with Crippen LogP contribution in [0.3, 0.4) is 0 Å². The van der Waals surface area contributed by atoms with Crippen molar-refractivity contribution in [1.82, 2.24) is 0 Å².